The van der Waals surface area contributed by atoms with E-state index in [2.05, 4.69) is 0 Å². The molecule has 0 bridgehead atoms. The van der Waals surface area contributed by atoms with Gasteiger partial charge in [0.25, 0.3) is 5.56 Å². The molecule has 5 heteroatoms. The Balaban J connectivity index is 3.41. The maximum atomic E-state index is 11.4. The van der Waals surface area contributed by atoms with Crippen molar-refractivity contribution in [2.45, 2.75) is 26.5 Å². The number of hydrogen-bond donors (Lipinski definition) is 2. The van der Waals surface area contributed by atoms with E-state index in [1.54, 1.807) is 6.92 Å². The molecule has 0 saturated carbocycles. The van der Waals surface area contributed by atoms with Gasteiger partial charge in [-0.25, -0.2) is 0 Å². The summed E-state index contributed by atoms with van der Waals surface area (Å²) >= 11 is 0. The minimum absolute atomic E-state index is 0.0281. The van der Waals surface area contributed by atoms with Crippen molar-refractivity contribution in [1.82, 2.24) is 4.57 Å². The molecule has 0 aromatic carbocycles. The van der Waals surface area contributed by atoms with Gasteiger partial charge in [0.15, 0.2) is 0 Å². The highest BCUT2D eigenvalue weighted by Gasteiger charge is 2.13. The molecule has 0 aliphatic rings. The summed E-state index contributed by atoms with van der Waals surface area (Å²) in [6.45, 7) is 3.05. The standard InChI is InChI=1S/C10H12N2O3/c1-6-3-9(14)12(5-7(2)13)10(15)8(6)4-11/h3,7,13,15H,5H2,1-2H3/t7-/m1/s1. The fourth-order valence-electron chi connectivity index (χ4n) is 1.33. The van der Waals surface area contributed by atoms with Gasteiger partial charge in [0.05, 0.1) is 12.6 Å². The molecule has 1 heterocycles. The largest absolute Gasteiger partial charge is 0.493 e. The average molecular weight is 208 g/mol. The first-order valence-corrected chi connectivity index (χ1v) is 4.49. The maximum absolute atomic E-state index is 11.4. The number of nitrogens with zero attached hydrogens (tertiary/aromatic N) is 2. The van der Waals surface area contributed by atoms with Crippen molar-refractivity contribution in [3.63, 3.8) is 0 Å². The Morgan fingerprint density at radius 2 is 2.27 bits per heavy atom. The van der Waals surface area contributed by atoms with Gasteiger partial charge in [0.1, 0.15) is 11.6 Å². The Labute approximate surface area is 86.8 Å². The molecule has 0 saturated heterocycles. The Bertz CT molecular complexity index is 469. The second-order valence-corrected chi connectivity index (χ2v) is 3.44. The summed E-state index contributed by atoms with van der Waals surface area (Å²) in [6, 6.07) is 3.08. The van der Waals surface area contributed by atoms with Crippen LogP contribution in [-0.2, 0) is 6.54 Å². The van der Waals surface area contributed by atoms with Crippen molar-refractivity contribution >= 4 is 0 Å². The second kappa shape index (κ2) is 4.15. The Hall–Kier alpha value is -1.80. The number of hydrogen-bond acceptors (Lipinski definition) is 4. The van der Waals surface area contributed by atoms with Gasteiger partial charge >= 0.3 is 0 Å². The molecule has 0 spiro atoms. The van der Waals surface area contributed by atoms with Crippen LogP contribution in [0.1, 0.15) is 18.1 Å². The first-order valence-electron chi connectivity index (χ1n) is 4.49. The minimum Gasteiger partial charge on any atom is -0.493 e. The fraction of sp³-hybridized carbons (Fsp3) is 0.400. The smallest absolute Gasteiger partial charge is 0.253 e. The van der Waals surface area contributed by atoms with Crippen LogP contribution in [0, 0.1) is 18.3 Å². The van der Waals surface area contributed by atoms with Crippen molar-refractivity contribution in [3.05, 3.63) is 27.5 Å². The van der Waals surface area contributed by atoms with E-state index < -0.39 is 11.7 Å². The van der Waals surface area contributed by atoms with Crippen molar-refractivity contribution in [2.75, 3.05) is 0 Å². The highest BCUT2D eigenvalue weighted by molar-refractivity contribution is 5.43. The number of aliphatic hydroxyl groups is 1. The summed E-state index contributed by atoms with van der Waals surface area (Å²) in [7, 11) is 0. The van der Waals surface area contributed by atoms with Gasteiger partial charge < -0.3 is 10.2 Å². The van der Waals surface area contributed by atoms with Gasteiger partial charge in [-0.2, -0.15) is 5.26 Å². The fourth-order valence-corrected chi connectivity index (χ4v) is 1.33. The lowest BCUT2D eigenvalue weighted by Crippen LogP contribution is -2.25. The van der Waals surface area contributed by atoms with E-state index in [9.17, 15) is 9.90 Å². The van der Waals surface area contributed by atoms with Crippen LogP contribution in [-0.4, -0.2) is 20.9 Å². The molecule has 1 rings (SSSR count). The lowest BCUT2D eigenvalue weighted by Gasteiger charge is -2.12. The van der Waals surface area contributed by atoms with E-state index >= 15 is 0 Å². The topological polar surface area (TPSA) is 86.2 Å². The molecule has 1 atom stereocenters. The summed E-state index contributed by atoms with van der Waals surface area (Å²) in [5.41, 5.74) is 0.0713. The number of aliphatic hydroxyl groups excluding tert-OH is 1. The molecule has 5 nitrogen and oxygen atoms in total. The molecule has 0 fully saturated rings. The van der Waals surface area contributed by atoms with Crippen molar-refractivity contribution in [1.29, 1.82) is 5.26 Å². The van der Waals surface area contributed by atoms with E-state index in [0.29, 0.717) is 5.56 Å². The number of aromatic hydroxyl groups is 1. The first kappa shape index (κ1) is 11.3. The van der Waals surface area contributed by atoms with Crippen LogP contribution >= 0.6 is 0 Å². The van der Waals surface area contributed by atoms with E-state index in [1.165, 1.54) is 13.0 Å². The van der Waals surface area contributed by atoms with Crippen molar-refractivity contribution in [3.8, 4) is 11.9 Å². The third-order valence-corrected chi connectivity index (χ3v) is 2.04. The zero-order valence-corrected chi connectivity index (χ0v) is 8.56. The Morgan fingerprint density at radius 1 is 1.67 bits per heavy atom. The van der Waals surface area contributed by atoms with Gasteiger partial charge in [0, 0.05) is 6.07 Å². The second-order valence-electron chi connectivity index (χ2n) is 3.44. The first-order chi connectivity index (χ1) is 6.97. The SMILES string of the molecule is Cc1cc(=O)n(C[C@@H](C)O)c(O)c1C#N. The van der Waals surface area contributed by atoms with E-state index in [0.717, 1.165) is 4.57 Å². The number of nitriles is 1. The summed E-state index contributed by atoms with van der Waals surface area (Å²) < 4.78 is 0.982. The monoisotopic (exact) mass is 208 g/mol. The molecule has 0 radical (unpaired) electrons. The minimum atomic E-state index is -0.761. The Kier molecular flexibility index (Phi) is 3.12. The molecule has 0 aliphatic heterocycles. The van der Waals surface area contributed by atoms with Crippen LogP contribution in [0.25, 0.3) is 0 Å². The molecule has 80 valence electrons. The van der Waals surface area contributed by atoms with Gasteiger partial charge in [-0.3, -0.25) is 9.36 Å². The maximum Gasteiger partial charge on any atom is 0.253 e. The van der Waals surface area contributed by atoms with Crippen LogP contribution in [0.2, 0.25) is 0 Å². The molecule has 0 unspecified atom stereocenters. The lowest BCUT2D eigenvalue weighted by atomic mass is 10.1. The zero-order valence-electron chi connectivity index (χ0n) is 8.56. The molecule has 1 aromatic heterocycles. The van der Waals surface area contributed by atoms with Crippen LogP contribution in [0.5, 0.6) is 5.88 Å². The van der Waals surface area contributed by atoms with Crippen LogP contribution in [0.4, 0.5) is 0 Å². The third-order valence-electron chi connectivity index (χ3n) is 2.04. The molecule has 2 N–H and O–H groups in total. The normalized spacial score (nSPS) is 12.1. The van der Waals surface area contributed by atoms with E-state index in [4.69, 9.17) is 10.4 Å². The summed E-state index contributed by atoms with van der Waals surface area (Å²) in [4.78, 5) is 11.4. The predicted octanol–water partition coefficient (Wildman–Crippen LogP) is 0.115. The molecule has 0 aliphatic carbocycles. The van der Waals surface area contributed by atoms with E-state index in [-0.39, 0.29) is 18.0 Å². The predicted molar refractivity (Wildman–Crippen MR) is 53.5 cm³/mol. The molecular formula is C10H12N2O3. The molecule has 0 amide bonds. The molecule has 1 aromatic rings. The van der Waals surface area contributed by atoms with E-state index in [1.807, 2.05) is 6.07 Å². The third kappa shape index (κ3) is 2.17. The highest BCUT2D eigenvalue weighted by atomic mass is 16.3. The van der Waals surface area contributed by atoms with Gasteiger partial charge in [0.2, 0.25) is 5.88 Å². The zero-order chi connectivity index (χ0) is 11.6. The summed E-state index contributed by atoms with van der Waals surface area (Å²) in [6.07, 6.45) is -0.761. The number of rotatable bonds is 2. The number of aromatic nitrogens is 1. The summed E-state index contributed by atoms with van der Waals surface area (Å²) in [5.74, 6) is -0.386. The van der Waals surface area contributed by atoms with Crippen LogP contribution < -0.4 is 5.56 Å². The van der Waals surface area contributed by atoms with Gasteiger partial charge in [-0.05, 0) is 19.4 Å². The quantitative estimate of drug-likeness (QED) is 0.722. The molecular weight excluding hydrogens is 196 g/mol. The number of aryl methyl sites for hydroxylation is 1. The summed E-state index contributed by atoms with van der Waals surface area (Å²) in [5, 5.41) is 27.5. The average Bonchev–Trinajstić information content (AvgIpc) is 2.12. The van der Waals surface area contributed by atoms with Crippen molar-refractivity contribution < 1.29 is 10.2 Å². The van der Waals surface area contributed by atoms with Gasteiger partial charge in [-0.1, -0.05) is 0 Å². The van der Waals surface area contributed by atoms with Crippen LogP contribution in [0.3, 0.4) is 0 Å². The molecule has 15 heavy (non-hydrogen) atoms. The Morgan fingerprint density at radius 3 is 2.73 bits per heavy atom. The van der Waals surface area contributed by atoms with Crippen molar-refractivity contribution in [2.24, 2.45) is 0 Å². The lowest BCUT2D eigenvalue weighted by molar-refractivity contribution is 0.167. The highest BCUT2D eigenvalue weighted by Crippen LogP contribution is 2.17. The van der Waals surface area contributed by atoms with Crippen LogP contribution in [0.15, 0.2) is 10.9 Å². The van der Waals surface area contributed by atoms with Gasteiger partial charge in [-0.15, -0.1) is 0 Å². The number of pyridine rings is 1.